The van der Waals surface area contributed by atoms with Crippen LogP contribution >= 0.6 is 0 Å². The first kappa shape index (κ1) is 32.0. The molecular weight excluding hydrogens is 559 g/mol. The van der Waals surface area contributed by atoms with Gasteiger partial charge in [-0.3, -0.25) is 14.3 Å². The molecule has 0 bridgehead atoms. The summed E-state index contributed by atoms with van der Waals surface area (Å²) in [6, 6.07) is 6.45. The Morgan fingerprint density at radius 2 is 1.69 bits per heavy atom. The SMILES string of the molecule is CC(C)C(NC(=O)Cc1nc(-c2ccc(N)cc2)[nH]c(=O)c1NS(=O)(=O)NC1CCCCC1)B1OC(C)(C)C(C)(C)O1. The number of rotatable bonds is 10. The van der Waals surface area contributed by atoms with Crippen molar-refractivity contribution in [1.29, 1.82) is 0 Å². The van der Waals surface area contributed by atoms with E-state index < -0.39 is 45.9 Å². The number of amides is 1. The highest BCUT2D eigenvalue weighted by atomic mass is 32.2. The minimum atomic E-state index is -4.12. The molecule has 14 heteroatoms. The van der Waals surface area contributed by atoms with Crippen molar-refractivity contribution in [2.75, 3.05) is 10.5 Å². The maximum absolute atomic E-state index is 13.5. The molecule has 2 heterocycles. The average Bonchev–Trinajstić information content (AvgIpc) is 3.11. The average molecular weight is 603 g/mol. The van der Waals surface area contributed by atoms with Gasteiger partial charge < -0.3 is 25.3 Å². The molecule has 230 valence electrons. The van der Waals surface area contributed by atoms with Crippen molar-refractivity contribution in [3.05, 3.63) is 40.3 Å². The van der Waals surface area contributed by atoms with Gasteiger partial charge in [-0.2, -0.15) is 13.1 Å². The van der Waals surface area contributed by atoms with E-state index in [-0.39, 0.29) is 35.6 Å². The van der Waals surface area contributed by atoms with E-state index in [0.717, 1.165) is 32.1 Å². The first-order valence-corrected chi connectivity index (χ1v) is 16.0. The lowest BCUT2D eigenvalue weighted by molar-refractivity contribution is -0.121. The fraction of sp³-hybridized carbons (Fsp3) is 0.607. The molecule has 0 radical (unpaired) electrons. The number of aromatic nitrogens is 2. The molecule has 1 saturated carbocycles. The van der Waals surface area contributed by atoms with Gasteiger partial charge >= 0.3 is 7.12 Å². The molecule has 2 aliphatic rings. The molecule has 2 aromatic rings. The van der Waals surface area contributed by atoms with E-state index in [4.69, 9.17) is 15.0 Å². The van der Waals surface area contributed by atoms with Gasteiger partial charge in [0.25, 0.3) is 15.8 Å². The fourth-order valence-electron chi connectivity index (χ4n) is 5.11. The van der Waals surface area contributed by atoms with Crippen molar-refractivity contribution in [3.8, 4) is 11.4 Å². The number of nitrogens with two attached hydrogens (primary N) is 1. The smallest absolute Gasteiger partial charge is 0.402 e. The van der Waals surface area contributed by atoms with Gasteiger partial charge in [-0.15, -0.1) is 0 Å². The molecule has 12 nitrogen and oxygen atoms in total. The van der Waals surface area contributed by atoms with Gasteiger partial charge in [0, 0.05) is 17.3 Å². The van der Waals surface area contributed by atoms with Crippen LogP contribution in [0.25, 0.3) is 11.4 Å². The summed E-state index contributed by atoms with van der Waals surface area (Å²) in [5, 5.41) is 2.97. The fourth-order valence-corrected chi connectivity index (χ4v) is 6.32. The lowest BCUT2D eigenvalue weighted by Gasteiger charge is -2.32. The predicted octanol–water partition coefficient (Wildman–Crippen LogP) is 2.91. The van der Waals surface area contributed by atoms with Crippen LogP contribution in [0.3, 0.4) is 0 Å². The standard InChI is InChI=1S/C28H43BN6O6S/c1-17(2)24(29-40-27(3,4)28(5,6)41-29)32-22(36)16-21-23(35-42(38,39)34-20-10-8-7-9-11-20)26(37)33-25(31-21)18-12-14-19(30)15-13-18/h12-15,17,20,24,34-35H,7-11,16,30H2,1-6H3,(H,32,36)(H,31,33,37). The van der Waals surface area contributed by atoms with E-state index in [1.54, 1.807) is 24.3 Å². The summed E-state index contributed by atoms with van der Waals surface area (Å²) in [7, 11) is -4.82. The molecule has 1 amide bonds. The molecule has 42 heavy (non-hydrogen) atoms. The summed E-state index contributed by atoms with van der Waals surface area (Å²) in [5.41, 5.74) is 4.65. The molecule has 6 N–H and O–H groups in total. The molecular formula is C28H43BN6O6S. The molecule has 4 rings (SSSR count). The zero-order valence-corrected chi connectivity index (χ0v) is 26.1. The Bertz CT molecular complexity index is 1420. The van der Waals surface area contributed by atoms with E-state index >= 15 is 0 Å². The van der Waals surface area contributed by atoms with Gasteiger partial charge in [-0.25, -0.2) is 4.98 Å². The number of nitrogens with one attached hydrogen (secondary N) is 4. The summed E-state index contributed by atoms with van der Waals surface area (Å²) in [6.45, 7) is 11.6. The molecule has 2 fully saturated rings. The first-order chi connectivity index (χ1) is 19.6. The van der Waals surface area contributed by atoms with Crippen molar-refractivity contribution >= 4 is 34.6 Å². The Labute approximate surface area is 248 Å². The van der Waals surface area contributed by atoms with Crippen molar-refractivity contribution in [2.24, 2.45) is 5.92 Å². The molecule has 1 atom stereocenters. The monoisotopic (exact) mass is 602 g/mol. The number of carbonyl (C=O) groups is 1. The maximum Gasteiger partial charge on any atom is 0.482 e. The zero-order valence-electron chi connectivity index (χ0n) is 25.2. The van der Waals surface area contributed by atoms with Crippen molar-refractivity contribution in [1.82, 2.24) is 20.0 Å². The lowest BCUT2D eigenvalue weighted by Crippen LogP contribution is -2.51. The minimum Gasteiger partial charge on any atom is -0.402 e. The van der Waals surface area contributed by atoms with E-state index in [9.17, 15) is 18.0 Å². The topological polar surface area (TPSA) is 178 Å². The number of carbonyl (C=O) groups excluding carboxylic acids is 1. The number of anilines is 2. The first-order valence-electron chi connectivity index (χ1n) is 14.5. The van der Waals surface area contributed by atoms with E-state index in [1.807, 2.05) is 41.5 Å². The highest BCUT2D eigenvalue weighted by molar-refractivity contribution is 7.90. The van der Waals surface area contributed by atoms with Gasteiger partial charge in [-0.1, -0.05) is 33.1 Å². The number of H-pyrrole nitrogens is 1. The molecule has 1 aliphatic carbocycles. The number of aromatic amines is 1. The number of hydrogen-bond donors (Lipinski definition) is 5. The van der Waals surface area contributed by atoms with E-state index in [1.165, 1.54) is 0 Å². The summed E-state index contributed by atoms with van der Waals surface area (Å²) < 4.78 is 43.5. The van der Waals surface area contributed by atoms with Crippen molar-refractivity contribution in [3.63, 3.8) is 0 Å². The Balaban J connectivity index is 1.62. The van der Waals surface area contributed by atoms with Crippen LogP contribution in [0.2, 0.25) is 0 Å². The number of nitrogen functional groups attached to an aromatic ring is 1. The normalized spacial score (nSPS) is 19.5. The third-order valence-corrected chi connectivity index (χ3v) is 9.40. The summed E-state index contributed by atoms with van der Waals surface area (Å²) in [4.78, 5) is 33.9. The third-order valence-electron chi connectivity index (χ3n) is 8.28. The Morgan fingerprint density at radius 3 is 2.26 bits per heavy atom. The van der Waals surface area contributed by atoms with E-state index in [2.05, 4.69) is 24.7 Å². The van der Waals surface area contributed by atoms with Gasteiger partial charge in [0.2, 0.25) is 5.91 Å². The number of benzene rings is 1. The highest BCUT2D eigenvalue weighted by Gasteiger charge is 2.54. The van der Waals surface area contributed by atoms with Crippen LogP contribution in [0.5, 0.6) is 0 Å². The van der Waals surface area contributed by atoms with Crippen LogP contribution in [0.15, 0.2) is 29.1 Å². The van der Waals surface area contributed by atoms with Crippen LogP contribution in [0, 0.1) is 5.92 Å². The van der Waals surface area contributed by atoms with Gasteiger partial charge in [0.05, 0.1) is 29.3 Å². The maximum atomic E-state index is 13.5. The second-order valence-corrected chi connectivity index (χ2v) is 14.0. The van der Waals surface area contributed by atoms with Gasteiger partial charge in [0.1, 0.15) is 11.5 Å². The van der Waals surface area contributed by atoms with Crippen LogP contribution in [-0.2, 0) is 30.7 Å². The van der Waals surface area contributed by atoms with Gasteiger partial charge in [0.15, 0.2) is 0 Å². The third kappa shape index (κ3) is 7.52. The van der Waals surface area contributed by atoms with Crippen LogP contribution in [0.4, 0.5) is 11.4 Å². The molecule has 1 aromatic carbocycles. The van der Waals surface area contributed by atoms with Crippen molar-refractivity contribution < 1.29 is 22.5 Å². The molecule has 0 spiro atoms. The Morgan fingerprint density at radius 1 is 1.10 bits per heavy atom. The highest BCUT2D eigenvalue weighted by Crippen LogP contribution is 2.38. The molecule has 1 saturated heterocycles. The summed E-state index contributed by atoms with van der Waals surface area (Å²) >= 11 is 0. The Kier molecular flexibility index (Phi) is 9.41. The number of hydrogen-bond acceptors (Lipinski definition) is 8. The van der Waals surface area contributed by atoms with Crippen LogP contribution in [0.1, 0.15) is 79.3 Å². The predicted molar refractivity (Wildman–Crippen MR) is 164 cm³/mol. The van der Waals surface area contributed by atoms with Crippen LogP contribution in [-0.4, -0.2) is 54.6 Å². The quantitative estimate of drug-likeness (QED) is 0.204. The molecule has 1 unspecified atom stereocenters. The second kappa shape index (κ2) is 12.4. The molecule has 1 aromatic heterocycles. The molecule has 1 aliphatic heterocycles. The van der Waals surface area contributed by atoms with E-state index in [0.29, 0.717) is 11.3 Å². The van der Waals surface area contributed by atoms with Crippen LogP contribution < -0.4 is 26.1 Å². The van der Waals surface area contributed by atoms with Gasteiger partial charge in [-0.05, 0) is 70.7 Å². The zero-order chi connectivity index (χ0) is 30.9. The second-order valence-electron chi connectivity index (χ2n) is 12.6. The lowest BCUT2D eigenvalue weighted by atomic mass is 9.72. The minimum absolute atomic E-state index is 0.0199. The Hall–Kier alpha value is -2.94. The number of nitrogens with zero attached hydrogens (tertiary/aromatic N) is 1. The largest absolute Gasteiger partial charge is 0.482 e. The van der Waals surface area contributed by atoms with Crippen molar-refractivity contribution in [2.45, 2.75) is 103 Å². The summed E-state index contributed by atoms with van der Waals surface area (Å²) in [5.74, 6) is -0.855. The summed E-state index contributed by atoms with van der Waals surface area (Å²) in [6.07, 6.45) is 3.99.